The normalized spacial score (nSPS) is 11.6. The van der Waals surface area contributed by atoms with Crippen LogP contribution in [-0.4, -0.2) is 18.9 Å². The van der Waals surface area contributed by atoms with E-state index in [1.54, 1.807) is 7.11 Å². The van der Waals surface area contributed by atoms with E-state index in [9.17, 15) is 9.59 Å². The number of nitrogens with one attached hydrogen (secondary N) is 2. The summed E-state index contributed by atoms with van der Waals surface area (Å²) in [7, 11) is 1.60. The van der Waals surface area contributed by atoms with Crippen molar-refractivity contribution < 1.29 is 14.3 Å². The van der Waals surface area contributed by atoms with Gasteiger partial charge in [0.15, 0.2) is 0 Å². The molecule has 3 aromatic rings. The molecule has 3 aromatic carbocycles. The Bertz CT molecular complexity index is 967. The molecule has 1 unspecified atom stereocenters. The second-order valence-corrected chi connectivity index (χ2v) is 6.69. The molecule has 0 heterocycles. The number of fused-ring (bicyclic) bond motifs is 1. The van der Waals surface area contributed by atoms with Crippen LogP contribution in [0.5, 0.6) is 5.75 Å². The molecule has 5 heteroatoms. The van der Waals surface area contributed by atoms with Crippen LogP contribution in [0.3, 0.4) is 0 Å². The molecule has 0 aliphatic heterocycles. The number of amides is 2. The van der Waals surface area contributed by atoms with Gasteiger partial charge >= 0.3 is 0 Å². The highest BCUT2D eigenvalue weighted by Crippen LogP contribution is 2.21. The number of ether oxygens (including phenoxy) is 1. The quantitative estimate of drug-likeness (QED) is 0.660. The zero-order chi connectivity index (χ0) is 19.9. The van der Waals surface area contributed by atoms with Crippen LogP contribution >= 0.6 is 0 Å². The van der Waals surface area contributed by atoms with Crippen LogP contribution in [0.15, 0.2) is 66.7 Å². The summed E-state index contributed by atoms with van der Waals surface area (Å²) in [6.45, 7) is 1.89. The lowest BCUT2D eigenvalue weighted by Gasteiger charge is -2.18. The maximum atomic E-state index is 12.5. The second-order valence-electron chi connectivity index (χ2n) is 6.69. The standard InChI is InChI=1S/C23H24N2O3/c1-16(26)25-22(19-9-11-21(28-2)12-10-19)14-23(27)24-15-17-7-8-18-5-3-4-6-20(18)13-17/h3-13,22H,14-15H2,1-2H3,(H,24,27)(H,25,26). The van der Waals surface area contributed by atoms with E-state index in [1.807, 2.05) is 48.5 Å². The van der Waals surface area contributed by atoms with Gasteiger partial charge in [-0.1, -0.05) is 48.5 Å². The SMILES string of the molecule is COc1ccc(C(CC(=O)NCc2ccc3ccccc3c2)NC(C)=O)cc1. The van der Waals surface area contributed by atoms with Gasteiger partial charge < -0.3 is 15.4 Å². The molecule has 1 atom stereocenters. The Morgan fingerprint density at radius 3 is 2.36 bits per heavy atom. The summed E-state index contributed by atoms with van der Waals surface area (Å²) in [6, 6.07) is 21.2. The van der Waals surface area contributed by atoms with E-state index in [-0.39, 0.29) is 24.3 Å². The smallest absolute Gasteiger partial charge is 0.222 e. The minimum atomic E-state index is -0.389. The van der Waals surface area contributed by atoms with Crippen molar-refractivity contribution in [3.63, 3.8) is 0 Å². The number of hydrogen-bond donors (Lipinski definition) is 2. The van der Waals surface area contributed by atoms with Gasteiger partial charge in [0.2, 0.25) is 11.8 Å². The maximum absolute atomic E-state index is 12.5. The summed E-state index contributed by atoms with van der Waals surface area (Å²) in [5.41, 5.74) is 1.89. The fraction of sp³-hybridized carbons (Fsp3) is 0.217. The van der Waals surface area contributed by atoms with Crippen LogP contribution in [0.4, 0.5) is 0 Å². The van der Waals surface area contributed by atoms with Crippen LogP contribution < -0.4 is 15.4 Å². The first-order valence-electron chi connectivity index (χ1n) is 9.20. The molecule has 0 fully saturated rings. The van der Waals surface area contributed by atoms with Crippen LogP contribution in [-0.2, 0) is 16.1 Å². The zero-order valence-corrected chi connectivity index (χ0v) is 16.1. The first kappa shape index (κ1) is 19.4. The summed E-state index contributed by atoms with van der Waals surface area (Å²) in [5.74, 6) is 0.428. The first-order chi connectivity index (χ1) is 13.5. The molecule has 3 rings (SSSR count). The third-order valence-electron chi connectivity index (χ3n) is 4.59. The fourth-order valence-electron chi connectivity index (χ4n) is 3.14. The van der Waals surface area contributed by atoms with Crippen molar-refractivity contribution in [2.45, 2.75) is 25.9 Å². The van der Waals surface area contributed by atoms with Gasteiger partial charge in [-0.15, -0.1) is 0 Å². The Kier molecular flexibility index (Phi) is 6.27. The number of rotatable bonds is 7. The Morgan fingerprint density at radius 2 is 1.68 bits per heavy atom. The van der Waals surface area contributed by atoms with Gasteiger partial charge in [0.05, 0.1) is 19.6 Å². The molecule has 2 amide bonds. The molecule has 0 radical (unpaired) electrons. The summed E-state index contributed by atoms with van der Waals surface area (Å²) in [6.07, 6.45) is 0.166. The third kappa shape index (κ3) is 5.10. The molecule has 0 aliphatic rings. The molecule has 0 saturated heterocycles. The van der Waals surface area contributed by atoms with Crippen molar-refractivity contribution in [1.82, 2.24) is 10.6 Å². The van der Waals surface area contributed by atoms with Crippen LogP contribution in [0, 0.1) is 0 Å². The Hall–Kier alpha value is -3.34. The highest BCUT2D eigenvalue weighted by molar-refractivity contribution is 5.83. The van der Waals surface area contributed by atoms with E-state index in [4.69, 9.17) is 4.74 Å². The van der Waals surface area contributed by atoms with Crippen LogP contribution in [0.2, 0.25) is 0 Å². The van der Waals surface area contributed by atoms with E-state index in [0.717, 1.165) is 22.3 Å². The van der Waals surface area contributed by atoms with Crippen molar-refractivity contribution in [1.29, 1.82) is 0 Å². The minimum absolute atomic E-state index is 0.122. The molecule has 0 saturated carbocycles. The number of benzene rings is 3. The van der Waals surface area contributed by atoms with Gasteiger partial charge in [0.25, 0.3) is 0 Å². The molecule has 0 bridgehead atoms. The highest BCUT2D eigenvalue weighted by atomic mass is 16.5. The summed E-state index contributed by atoms with van der Waals surface area (Å²) < 4.78 is 5.16. The maximum Gasteiger partial charge on any atom is 0.222 e. The molecule has 144 valence electrons. The molecule has 0 aromatic heterocycles. The van der Waals surface area contributed by atoms with Crippen LogP contribution in [0.25, 0.3) is 10.8 Å². The Labute approximate surface area is 164 Å². The molecule has 2 N–H and O–H groups in total. The second kappa shape index (κ2) is 9.04. The van der Waals surface area contributed by atoms with Gasteiger partial charge in [-0.25, -0.2) is 0 Å². The van der Waals surface area contributed by atoms with E-state index in [2.05, 4.69) is 28.8 Å². The van der Waals surface area contributed by atoms with E-state index < -0.39 is 0 Å². The van der Waals surface area contributed by atoms with E-state index >= 15 is 0 Å². The van der Waals surface area contributed by atoms with Crippen LogP contribution in [0.1, 0.15) is 30.5 Å². The average Bonchev–Trinajstić information content (AvgIpc) is 2.71. The lowest BCUT2D eigenvalue weighted by Crippen LogP contribution is -2.32. The largest absolute Gasteiger partial charge is 0.497 e. The fourth-order valence-corrected chi connectivity index (χ4v) is 3.14. The van der Waals surface area contributed by atoms with Crippen molar-refractivity contribution in [3.8, 4) is 5.75 Å². The van der Waals surface area contributed by atoms with Gasteiger partial charge in [0, 0.05) is 13.5 Å². The first-order valence-corrected chi connectivity index (χ1v) is 9.20. The monoisotopic (exact) mass is 376 g/mol. The van der Waals surface area contributed by atoms with Gasteiger partial charge in [-0.2, -0.15) is 0 Å². The van der Waals surface area contributed by atoms with Gasteiger partial charge in [-0.05, 0) is 40.1 Å². The topological polar surface area (TPSA) is 67.4 Å². The number of carbonyl (C=O) groups excluding carboxylic acids is 2. The number of carbonyl (C=O) groups is 2. The highest BCUT2D eigenvalue weighted by Gasteiger charge is 2.17. The molecule has 0 spiro atoms. The average molecular weight is 376 g/mol. The Balaban J connectivity index is 1.64. The minimum Gasteiger partial charge on any atom is -0.497 e. The summed E-state index contributed by atoms with van der Waals surface area (Å²) in [4.78, 5) is 24.0. The number of methoxy groups -OCH3 is 1. The van der Waals surface area contributed by atoms with Gasteiger partial charge in [-0.3, -0.25) is 9.59 Å². The molecule has 5 nitrogen and oxygen atoms in total. The summed E-state index contributed by atoms with van der Waals surface area (Å²) in [5, 5.41) is 8.10. The molecule has 0 aliphatic carbocycles. The van der Waals surface area contributed by atoms with E-state index in [1.165, 1.54) is 12.3 Å². The van der Waals surface area contributed by atoms with Gasteiger partial charge in [0.1, 0.15) is 5.75 Å². The molecule has 28 heavy (non-hydrogen) atoms. The van der Waals surface area contributed by atoms with Crippen molar-refractivity contribution >= 4 is 22.6 Å². The lowest BCUT2D eigenvalue weighted by atomic mass is 10.0. The predicted molar refractivity (Wildman–Crippen MR) is 110 cm³/mol. The predicted octanol–water partition coefficient (Wildman–Crippen LogP) is 3.73. The van der Waals surface area contributed by atoms with Crippen molar-refractivity contribution in [2.24, 2.45) is 0 Å². The molecular weight excluding hydrogens is 352 g/mol. The summed E-state index contributed by atoms with van der Waals surface area (Å²) >= 11 is 0. The van der Waals surface area contributed by atoms with E-state index in [0.29, 0.717) is 6.54 Å². The Morgan fingerprint density at radius 1 is 0.964 bits per heavy atom. The lowest BCUT2D eigenvalue weighted by molar-refractivity contribution is -0.122. The zero-order valence-electron chi connectivity index (χ0n) is 16.1. The number of hydrogen-bond acceptors (Lipinski definition) is 3. The van der Waals surface area contributed by atoms with Crippen molar-refractivity contribution in [3.05, 3.63) is 77.9 Å². The van der Waals surface area contributed by atoms with Crippen molar-refractivity contribution in [2.75, 3.05) is 7.11 Å². The third-order valence-corrected chi connectivity index (χ3v) is 4.59. The molecular formula is C23H24N2O3.